The molecule has 0 saturated carbocycles. The Hall–Kier alpha value is -2.44. The Morgan fingerprint density at radius 1 is 1.41 bits per heavy atom. The molecule has 0 spiro atoms. The lowest BCUT2D eigenvalue weighted by Crippen LogP contribution is -2.45. The number of hydrogen-bond donors (Lipinski definition) is 0. The molecule has 3 heterocycles. The molecule has 1 aliphatic rings. The number of likely N-dealkylation sites (tertiary alicyclic amines) is 1. The number of hydrogen-bond acceptors (Lipinski definition) is 5. The summed E-state index contributed by atoms with van der Waals surface area (Å²) in [4.78, 5) is 24.5. The lowest BCUT2D eigenvalue weighted by Gasteiger charge is -2.34. The zero-order valence-corrected chi connectivity index (χ0v) is 12.7. The molecule has 1 atom stereocenters. The molecule has 3 rings (SSSR count). The molecule has 0 bridgehead atoms. The first-order chi connectivity index (χ1) is 10.7. The van der Waals surface area contributed by atoms with Crippen LogP contribution in [0.5, 0.6) is 0 Å². The van der Waals surface area contributed by atoms with E-state index in [0.29, 0.717) is 12.4 Å². The van der Waals surface area contributed by atoms with E-state index in [-0.39, 0.29) is 11.9 Å². The van der Waals surface area contributed by atoms with Gasteiger partial charge in [0.2, 0.25) is 5.91 Å². The van der Waals surface area contributed by atoms with E-state index >= 15 is 0 Å². The van der Waals surface area contributed by atoms with Gasteiger partial charge in [0.25, 0.3) is 0 Å². The van der Waals surface area contributed by atoms with E-state index in [1.54, 1.807) is 24.8 Å². The van der Waals surface area contributed by atoms with Crippen LogP contribution in [0.15, 0.2) is 37.1 Å². The van der Waals surface area contributed by atoms with Crippen molar-refractivity contribution in [2.45, 2.75) is 18.9 Å². The molecule has 2 aromatic heterocycles. The third-order valence-corrected chi connectivity index (χ3v) is 3.96. The molecule has 1 saturated heterocycles. The number of amides is 1. The highest BCUT2D eigenvalue weighted by molar-refractivity contribution is 5.81. The number of likely N-dealkylation sites (N-methyl/N-ethyl adjacent to an activating group) is 1. The molecular formula is C15H20N6O. The van der Waals surface area contributed by atoms with Gasteiger partial charge in [0.05, 0.1) is 18.8 Å². The minimum Gasteiger partial charge on any atom is -0.349 e. The van der Waals surface area contributed by atoms with Crippen molar-refractivity contribution in [3.05, 3.63) is 37.1 Å². The van der Waals surface area contributed by atoms with Crippen LogP contribution in [-0.4, -0.2) is 57.2 Å². The lowest BCUT2D eigenvalue weighted by molar-refractivity contribution is -0.131. The fourth-order valence-corrected chi connectivity index (χ4v) is 2.77. The van der Waals surface area contributed by atoms with Gasteiger partial charge in [-0.2, -0.15) is 5.10 Å². The van der Waals surface area contributed by atoms with Crippen molar-refractivity contribution in [1.82, 2.24) is 24.6 Å². The summed E-state index contributed by atoms with van der Waals surface area (Å²) in [5, 5.41) is 4.29. The monoisotopic (exact) mass is 300 g/mol. The summed E-state index contributed by atoms with van der Waals surface area (Å²) in [6, 6.07) is 2.19. The highest BCUT2D eigenvalue weighted by atomic mass is 16.2. The standard InChI is InChI=1S/C15H20N6O/c1-19(14-10-16-6-7-17-14)12-15(22)20-8-2-4-13(11-20)21-9-3-5-18-21/h3,5-7,9-10,13H,2,4,8,11-12H2,1H3/t13-/m0/s1. The maximum Gasteiger partial charge on any atom is 0.242 e. The minimum absolute atomic E-state index is 0.116. The molecule has 7 heteroatoms. The average molecular weight is 300 g/mol. The second-order valence-corrected chi connectivity index (χ2v) is 5.54. The Morgan fingerprint density at radius 2 is 2.32 bits per heavy atom. The number of carbonyl (C=O) groups excluding carboxylic acids is 1. The Balaban J connectivity index is 1.60. The summed E-state index contributed by atoms with van der Waals surface area (Å²) in [6.07, 6.45) is 10.7. The van der Waals surface area contributed by atoms with Crippen molar-refractivity contribution in [3.8, 4) is 0 Å². The summed E-state index contributed by atoms with van der Waals surface area (Å²) in [5.74, 6) is 0.821. The zero-order valence-electron chi connectivity index (χ0n) is 12.7. The maximum atomic E-state index is 12.5. The van der Waals surface area contributed by atoms with Crippen LogP contribution >= 0.6 is 0 Å². The zero-order chi connectivity index (χ0) is 15.4. The highest BCUT2D eigenvalue weighted by Gasteiger charge is 2.25. The van der Waals surface area contributed by atoms with Crippen LogP contribution in [0.4, 0.5) is 5.82 Å². The van der Waals surface area contributed by atoms with Gasteiger partial charge in [-0.05, 0) is 18.9 Å². The van der Waals surface area contributed by atoms with E-state index in [9.17, 15) is 4.79 Å². The fourth-order valence-electron chi connectivity index (χ4n) is 2.77. The van der Waals surface area contributed by atoms with Crippen LogP contribution in [-0.2, 0) is 4.79 Å². The summed E-state index contributed by atoms with van der Waals surface area (Å²) in [6.45, 7) is 1.84. The molecular weight excluding hydrogens is 280 g/mol. The maximum absolute atomic E-state index is 12.5. The fraction of sp³-hybridized carbons (Fsp3) is 0.467. The van der Waals surface area contributed by atoms with E-state index < -0.39 is 0 Å². The summed E-state index contributed by atoms with van der Waals surface area (Å²) in [5.41, 5.74) is 0. The van der Waals surface area contributed by atoms with Gasteiger partial charge >= 0.3 is 0 Å². The molecule has 2 aromatic rings. The number of carbonyl (C=O) groups is 1. The summed E-state index contributed by atoms with van der Waals surface area (Å²) in [7, 11) is 1.86. The molecule has 0 aliphatic carbocycles. The third-order valence-electron chi connectivity index (χ3n) is 3.96. The number of rotatable bonds is 4. The predicted octanol–water partition coefficient (Wildman–Crippen LogP) is 0.973. The van der Waals surface area contributed by atoms with Crippen LogP contribution in [0.2, 0.25) is 0 Å². The first kappa shape index (κ1) is 14.5. The normalized spacial score (nSPS) is 18.2. The molecule has 7 nitrogen and oxygen atoms in total. The molecule has 22 heavy (non-hydrogen) atoms. The Kier molecular flexibility index (Phi) is 4.32. The topological polar surface area (TPSA) is 67.2 Å². The van der Waals surface area contributed by atoms with Crippen LogP contribution in [0.1, 0.15) is 18.9 Å². The first-order valence-corrected chi connectivity index (χ1v) is 7.48. The van der Waals surface area contributed by atoms with E-state index in [4.69, 9.17) is 0 Å². The van der Waals surface area contributed by atoms with E-state index in [1.807, 2.05) is 33.8 Å². The number of aromatic nitrogens is 4. The van der Waals surface area contributed by atoms with Gasteiger partial charge in [-0.25, -0.2) is 4.98 Å². The third kappa shape index (κ3) is 3.24. The van der Waals surface area contributed by atoms with Crippen molar-refractivity contribution >= 4 is 11.7 Å². The van der Waals surface area contributed by atoms with Crippen molar-refractivity contribution < 1.29 is 4.79 Å². The van der Waals surface area contributed by atoms with Gasteiger partial charge in [-0.3, -0.25) is 14.5 Å². The quantitative estimate of drug-likeness (QED) is 0.842. The molecule has 0 aromatic carbocycles. The van der Waals surface area contributed by atoms with Crippen molar-refractivity contribution in [3.63, 3.8) is 0 Å². The van der Waals surface area contributed by atoms with E-state index in [2.05, 4.69) is 15.1 Å². The summed E-state index contributed by atoms with van der Waals surface area (Å²) >= 11 is 0. The van der Waals surface area contributed by atoms with E-state index in [1.165, 1.54) is 0 Å². The van der Waals surface area contributed by atoms with E-state index in [0.717, 1.165) is 25.9 Å². The van der Waals surface area contributed by atoms with Crippen LogP contribution in [0, 0.1) is 0 Å². The van der Waals surface area contributed by atoms with Gasteiger partial charge in [0, 0.05) is 44.9 Å². The predicted molar refractivity (Wildman–Crippen MR) is 82.4 cm³/mol. The Bertz CT molecular complexity index is 600. The van der Waals surface area contributed by atoms with Crippen molar-refractivity contribution in [2.75, 3.05) is 31.6 Å². The van der Waals surface area contributed by atoms with Gasteiger partial charge < -0.3 is 9.80 Å². The molecule has 116 valence electrons. The average Bonchev–Trinajstić information content (AvgIpc) is 3.10. The molecule has 0 unspecified atom stereocenters. The second kappa shape index (κ2) is 6.55. The first-order valence-electron chi connectivity index (χ1n) is 7.48. The largest absolute Gasteiger partial charge is 0.349 e. The van der Waals surface area contributed by atoms with Crippen molar-refractivity contribution in [1.29, 1.82) is 0 Å². The molecule has 1 aliphatic heterocycles. The smallest absolute Gasteiger partial charge is 0.242 e. The lowest BCUT2D eigenvalue weighted by atomic mass is 10.1. The highest BCUT2D eigenvalue weighted by Crippen LogP contribution is 2.20. The minimum atomic E-state index is 0.116. The van der Waals surface area contributed by atoms with Crippen molar-refractivity contribution in [2.24, 2.45) is 0 Å². The molecule has 0 radical (unpaired) electrons. The number of nitrogens with zero attached hydrogens (tertiary/aromatic N) is 6. The number of anilines is 1. The van der Waals surface area contributed by atoms with Crippen LogP contribution in [0.25, 0.3) is 0 Å². The van der Waals surface area contributed by atoms with Gasteiger partial charge in [0.1, 0.15) is 5.82 Å². The van der Waals surface area contributed by atoms with Gasteiger partial charge in [-0.1, -0.05) is 0 Å². The molecule has 1 amide bonds. The van der Waals surface area contributed by atoms with Crippen LogP contribution in [0.3, 0.4) is 0 Å². The SMILES string of the molecule is CN(CC(=O)N1CCC[C@H](n2cccn2)C1)c1cnccn1. The second-order valence-electron chi connectivity index (χ2n) is 5.54. The number of piperidine rings is 1. The van der Waals surface area contributed by atoms with Gasteiger partial charge in [0.15, 0.2) is 0 Å². The Labute approximate surface area is 129 Å². The van der Waals surface area contributed by atoms with Crippen LogP contribution < -0.4 is 4.90 Å². The Morgan fingerprint density at radius 3 is 3.05 bits per heavy atom. The molecule has 0 N–H and O–H groups in total. The summed E-state index contributed by atoms with van der Waals surface area (Å²) < 4.78 is 1.95. The molecule has 1 fully saturated rings. The van der Waals surface area contributed by atoms with Gasteiger partial charge in [-0.15, -0.1) is 0 Å².